The molecule has 7 nitrogen and oxygen atoms in total. The van der Waals surface area contributed by atoms with E-state index in [0.717, 1.165) is 12.1 Å². The first-order valence-corrected chi connectivity index (χ1v) is 10.9. The van der Waals surface area contributed by atoms with Crippen LogP contribution in [0.25, 0.3) is 0 Å². The first-order chi connectivity index (χ1) is 16.7. The summed E-state index contributed by atoms with van der Waals surface area (Å²) < 4.78 is 70.6. The van der Waals surface area contributed by atoms with Gasteiger partial charge in [0.1, 0.15) is 17.0 Å². The van der Waals surface area contributed by atoms with Gasteiger partial charge in [0, 0.05) is 24.7 Å². The molecule has 0 saturated heterocycles. The van der Waals surface area contributed by atoms with E-state index in [2.05, 4.69) is 5.32 Å². The molecule has 1 spiro atoms. The van der Waals surface area contributed by atoms with E-state index in [1.165, 1.54) is 17.0 Å². The van der Waals surface area contributed by atoms with Gasteiger partial charge in [0.2, 0.25) is 18.5 Å². The fourth-order valence-corrected chi connectivity index (χ4v) is 5.26. The number of rotatable bonds is 3. The van der Waals surface area contributed by atoms with Crippen LogP contribution in [-0.4, -0.2) is 25.8 Å². The third kappa shape index (κ3) is 3.08. The van der Waals surface area contributed by atoms with Crippen LogP contribution in [0.5, 0.6) is 11.5 Å². The van der Waals surface area contributed by atoms with Crippen molar-refractivity contribution in [2.75, 3.05) is 24.8 Å². The van der Waals surface area contributed by atoms with Gasteiger partial charge in [-0.2, -0.15) is 13.2 Å². The van der Waals surface area contributed by atoms with Crippen LogP contribution in [-0.2, 0) is 22.9 Å². The van der Waals surface area contributed by atoms with Gasteiger partial charge in [-0.05, 0) is 47.5 Å². The Kier molecular flexibility index (Phi) is 4.68. The lowest BCUT2D eigenvalue weighted by Gasteiger charge is -2.39. The van der Waals surface area contributed by atoms with E-state index in [9.17, 15) is 18.0 Å². The number of carbonyl (C=O) groups excluding carboxylic acids is 1. The SMILES string of the molecule is NCC1NCC2(C(=O)N(Cc3ccc(C(F)(F)F)o3)c3cccc(F)c32)c2cc3c(cc21)OCO3. The monoisotopic (exact) mass is 489 g/mol. The molecule has 3 aliphatic rings. The minimum absolute atomic E-state index is 0.0109. The van der Waals surface area contributed by atoms with Crippen LogP contribution >= 0.6 is 0 Å². The Morgan fingerprint density at radius 2 is 1.91 bits per heavy atom. The molecule has 0 radical (unpaired) electrons. The van der Waals surface area contributed by atoms with E-state index in [0.29, 0.717) is 22.6 Å². The number of furan rings is 1. The van der Waals surface area contributed by atoms with Gasteiger partial charge in [0.05, 0.1) is 12.2 Å². The van der Waals surface area contributed by atoms with Gasteiger partial charge in [-0.1, -0.05) is 6.07 Å². The molecule has 0 aliphatic carbocycles. The maximum Gasteiger partial charge on any atom is 0.449 e. The minimum Gasteiger partial charge on any atom is -0.455 e. The Morgan fingerprint density at radius 3 is 2.63 bits per heavy atom. The summed E-state index contributed by atoms with van der Waals surface area (Å²) in [5.74, 6) is -1.43. The second-order valence-electron chi connectivity index (χ2n) is 8.66. The smallest absolute Gasteiger partial charge is 0.449 e. The van der Waals surface area contributed by atoms with Crippen LogP contribution < -0.4 is 25.4 Å². The largest absolute Gasteiger partial charge is 0.455 e. The third-order valence-corrected chi connectivity index (χ3v) is 6.80. The van der Waals surface area contributed by atoms with Crippen molar-refractivity contribution in [2.45, 2.75) is 24.2 Å². The fourth-order valence-electron chi connectivity index (χ4n) is 5.26. The molecule has 2 atom stereocenters. The van der Waals surface area contributed by atoms with Crippen molar-refractivity contribution in [3.05, 3.63) is 76.5 Å². The van der Waals surface area contributed by atoms with Gasteiger partial charge in [0.25, 0.3) is 0 Å². The van der Waals surface area contributed by atoms with Gasteiger partial charge in [0.15, 0.2) is 11.5 Å². The number of nitrogens with zero attached hydrogens (tertiary/aromatic N) is 1. The number of nitrogens with one attached hydrogen (secondary N) is 1. The number of alkyl halides is 3. The first-order valence-electron chi connectivity index (χ1n) is 10.9. The van der Waals surface area contributed by atoms with Crippen molar-refractivity contribution >= 4 is 11.6 Å². The van der Waals surface area contributed by atoms with Crippen LogP contribution in [0.3, 0.4) is 0 Å². The number of hydrogen-bond donors (Lipinski definition) is 2. The predicted molar refractivity (Wildman–Crippen MR) is 114 cm³/mol. The summed E-state index contributed by atoms with van der Waals surface area (Å²) in [4.78, 5) is 15.4. The second-order valence-corrected chi connectivity index (χ2v) is 8.66. The highest BCUT2D eigenvalue weighted by molar-refractivity contribution is 6.11. The molecule has 182 valence electrons. The van der Waals surface area contributed by atoms with Gasteiger partial charge in [-0.3, -0.25) is 4.79 Å². The molecular formula is C24H19F4N3O4. The molecule has 0 saturated carbocycles. The molecule has 35 heavy (non-hydrogen) atoms. The number of hydrogen-bond acceptors (Lipinski definition) is 6. The molecule has 3 aliphatic heterocycles. The van der Waals surface area contributed by atoms with Gasteiger partial charge in [-0.25, -0.2) is 4.39 Å². The molecule has 1 aromatic heterocycles. The maximum atomic E-state index is 15.5. The van der Waals surface area contributed by atoms with Crippen LogP contribution in [0.1, 0.15) is 34.3 Å². The Labute approximate surface area is 196 Å². The molecule has 1 amide bonds. The normalized spacial score (nSPS) is 22.6. The molecule has 6 rings (SSSR count). The number of ether oxygens (including phenoxy) is 2. The maximum absolute atomic E-state index is 15.5. The molecule has 11 heteroatoms. The zero-order chi connectivity index (χ0) is 24.5. The van der Waals surface area contributed by atoms with Gasteiger partial charge >= 0.3 is 6.18 Å². The Morgan fingerprint density at radius 1 is 1.14 bits per heavy atom. The van der Waals surface area contributed by atoms with Crippen LogP contribution in [0, 0.1) is 5.82 Å². The molecule has 2 unspecified atom stereocenters. The van der Waals surface area contributed by atoms with Crippen LogP contribution in [0.2, 0.25) is 0 Å². The molecule has 2 aromatic carbocycles. The average Bonchev–Trinajstić information content (AvgIpc) is 3.53. The van der Waals surface area contributed by atoms with Crippen LogP contribution in [0.4, 0.5) is 23.2 Å². The molecular weight excluding hydrogens is 470 g/mol. The minimum atomic E-state index is -4.66. The topological polar surface area (TPSA) is 90.0 Å². The lowest BCUT2D eigenvalue weighted by atomic mass is 9.69. The fraction of sp³-hybridized carbons (Fsp3) is 0.292. The molecule has 0 bridgehead atoms. The van der Waals surface area contributed by atoms with E-state index in [1.54, 1.807) is 18.2 Å². The third-order valence-electron chi connectivity index (χ3n) is 6.80. The average molecular weight is 489 g/mol. The standard InChI is InChI=1S/C24H19F4N3O4/c25-15-2-1-3-17-21(15)23(22(32)31(17)9-12-4-5-20(35-12)24(26,27)28)10-30-16(8-29)13-6-18-19(7-14(13)23)34-11-33-18/h1-7,16,30H,8-11,29H2. The summed E-state index contributed by atoms with van der Waals surface area (Å²) in [6.45, 7) is -0.0293. The number of carbonyl (C=O) groups is 1. The second kappa shape index (κ2) is 7.46. The number of benzene rings is 2. The summed E-state index contributed by atoms with van der Waals surface area (Å²) in [6.07, 6.45) is -4.66. The first kappa shape index (κ1) is 21.9. The summed E-state index contributed by atoms with van der Waals surface area (Å²) in [5.41, 5.74) is 6.07. The van der Waals surface area contributed by atoms with Crippen LogP contribution in [0.15, 0.2) is 46.9 Å². The summed E-state index contributed by atoms with van der Waals surface area (Å²) >= 11 is 0. The molecule has 3 aromatic rings. The van der Waals surface area contributed by atoms with Crippen molar-refractivity contribution in [3.8, 4) is 11.5 Å². The van der Waals surface area contributed by atoms with E-state index in [4.69, 9.17) is 19.6 Å². The summed E-state index contributed by atoms with van der Waals surface area (Å²) in [7, 11) is 0. The van der Waals surface area contributed by atoms with Gasteiger partial charge < -0.3 is 29.8 Å². The predicted octanol–water partition coefficient (Wildman–Crippen LogP) is 3.60. The highest BCUT2D eigenvalue weighted by atomic mass is 19.4. The van der Waals surface area contributed by atoms with Crippen molar-refractivity contribution in [3.63, 3.8) is 0 Å². The van der Waals surface area contributed by atoms with E-state index in [-0.39, 0.29) is 49.5 Å². The Bertz CT molecular complexity index is 1360. The zero-order valence-corrected chi connectivity index (χ0v) is 18.1. The van der Waals surface area contributed by atoms with Gasteiger partial charge in [-0.15, -0.1) is 0 Å². The zero-order valence-electron chi connectivity index (χ0n) is 18.1. The van der Waals surface area contributed by atoms with Crippen molar-refractivity contribution < 1.29 is 36.2 Å². The summed E-state index contributed by atoms with van der Waals surface area (Å²) in [6, 6.07) is 9.35. The lowest BCUT2D eigenvalue weighted by molar-refractivity contribution is -0.153. The molecule has 4 heterocycles. The van der Waals surface area contributed by atoms with E-state index < -0.39 is 29.1 Å². The van der Waals surface area contributed by atoms with Crippen molar-refractivity contribution in [1.82, 2.24) is 5.32 Å². The lowest BCUT2D eigenvalue weighted by Crippen LogP contribution is -2.53. The highest BCUT2D eigenvalue weighted by Crippen LogP contribution is 2.53. The molecule has 3 N–H and O–H groups in total. The van der Waals surface area contributed by atoms with Crippen molar-refractivity contribution in [1.29, 1.82) is 0 Å². The molecule has 0 fully saturated rings. The highest BCUT2D eigenvalue weighted by Gasteiger charge is 2.57. The number of halogens is 4. The number of fused-ring (bicyclic) bond motifs is 5. The summed E-state index contributed by atoms with van der Waals surface area (Å²) in [5, 5.41) is 3.25. The Balaban J connectivity index is 1.51. The quantitative estimate of drug-likeness (QED) is 0.547. The number of nitrogens with two attached hydrogens (primary N) is 1. The number of amides is 1. The van der Waals surface area contributed by atoms with E-state index >= 15 is 4.39 Å². The Hall–Kier alpha value is -3.57. The van der Waals surface area contributed by atoms with Crippen molar-refractivity contribution in [2.24, 2.45) is 5.73 Å². The van der Waals surface area contributed by atoms with E-state index in [1.807, 2.05) is 0 Å². The number of anilines is 1.